The third-order valence-corrected chi connectivity index (χ3v) is 5.05. The van der Waals surface area contributed by atoms with Crippen LogP contribution in [0.2, 0.25) is 0 Å². The number of aryl methyl sites for hydroxylation is 2. The number of rotatable bonds is 7. The van der Waals surface area contributed by atoms with Crippen LogP contribution >= 0.6 is 0 Å². The monoisotopic (exact) mass is 394 g/mol. The first-order chi connectivity index (χ1) is 14.2. The highest BCUT2D eigenvalue weighted by Gasteiger charge is 2.18. The van der Waals surface area contributed by atoms with Crippen LogP contribution in [-0.2, 0) is 22.4 Å². The van der Waals surface area contributed by atoms with Gasteiger partial charge in [0.05, 0.1) is 12.7 Å². The van der Waals surface area contributed by atoms with Crippen molar-refractivity contribution in [1.29, 1.82) is 0 Å². The molecule has 3 aromatic rings. The van der Waals surface area contributed by atoms with E-state index in [1.54, 1.807) is 30.3 Å². The summed E-state index contributed by atoms with van der Waals surface area (Å²) in [6.45, 7) is -0.637. The molecule has 1 aliphatic rings. The van der Waals surface area contributed by atoms with Crippen LogP contribution in [-0.4, -0.2) is 32.1 Å². The molecule has 0 unspecified atom stereocenters. The minimum atomic E-state index is -0.609. The number of carbonyl (C=O) groups excluding carboxylic acids is 2. The molecule has 2 aromatic carbocycles. The average molecular weight is 394 g/mol. The predicted molar refractivity (Wildman–Crippen MR) is 107 cm³/mol. The van der Waals surface area contributed by atoms with Gasteiger partial charge in [-0.15, -0.1) is 0 Å². The van der Waals surface area contributed by atoms with E-state index in [2.05, 4.69) is 0 Å². The van der Waals surface area contributed by atoms with Gasteiger partial charge >= 0.3 is 5.97 Å². The second kappa shape index (κ2) is 8.39. The summed E-state index contributed by atoms with van der Waals surface area (Å²) in [6, 6.07) is 12.3. The Balaban J connectivity index is 1.34. The van der Waals surface area contributed by atoms with E-state index in [9.17, 15) is 9.59 Å². The lowest BCUT2D eigenvalue weighted by Crippen LogP contribution is -2.19. The molecule has 0 saturated heterocycles. The van der Waals surface area contributed by atoms with Gasteiger partial charge in [-0.1, -0.05) is 12.1 Å². The highest BCUT2D eigenvalue weighted by Crippen LogP contribution is 2.33. The molecule has 1 heterocycles. The Morgan fingerprint density at radius 1 is 1.03 bits per heavy atom. The topological polar surface area (TPSA) is 75.0 Å². The smallest absolute Gasteiger partial charge is 0.344 e. The number of ether oxygens (including phenoxy) is 3. The van der Waals surface area contributed by atoms with Gasteiger partial charge in [0.2, 0.25) is 5.78 Å². The second-order valence-corrected chi connectivity index (χ2v) is 6.94. The zero-order valence-electron chi connectivity index (χ0n) is 16.2. The van der Waals surface area contributed by atoms with Crippen molar-refractivity contribution in [3.05, 3.63) is 59.4 Å². The number of carbonyl (C=O) groups is 2. The maximum absolute atomic E-state index is 12.2. The van der Waals surface area contributed by atoms with Crippen molar-refractivity contribution in [2.75, 3.05) is 20.3 Å². The molecule has 0 amide bonds. The molecule has 4 rings (SSSR count). The molecule has 150 valence electrons. The van der Waals surface area contributed by atoms with Crippen molar-refractivity contribution in [2.45, 2.75) is 25.7 Å². The van der Waals surface area contributed by atoms with E-state index in [-0.39, 0.29) is 19.0 Å². The van der Waals surface area contributed by atoms with Gasteiger partial charge in [-0.2, -0.15) is 0 Å². The summed E-state index contributed by atoms with van der Waals surface area (Å²) < 4.78 is 21.7. The van der Waals surface area contributed by atoms with Crippen LogP contribution < -0.4 is 9.47 Å². The van der Waals surface area contributed by atoms with Crippen molar-refractivity contribution in [2.24, 2.45) is 0 Å². The number of furan rings is 1. The Bertz CT molecular complexity index is 1050. The Hall–Kier alpha value is -3.28. The second-order valence-electron chi connectivity index (χ2n) is 6.94. The van der Waals surface area contributed by atoms with Crippen LogP contribution in [0.1, 0.15) is 34.5 Å². The van der Waals surface area contributed by atoms with E-state index < -0.39 is 5.97 Å². The quantitative estimate of drug-likeness (QED) is 0.443. The summed E-state index contributed by atoms with van der Waals surface area (Å²) in [7, 11) is 1.49. The number of fused-ring (bicyclic) bond motifs is 3. The molecule has 29 heavy (non-hydrogen) atoms. The van der Waals surface area contributed by atoms with Crippen LogP contribution in [0, 0.1) is 0 Å². The fourth-order valence-corrected chi connectivity index (χ4v) is 3.61. The molecule has 1 aliphatic carbocycles. The molecule has 0 saturated carbocycles. The van der Waals surface area contributed by atoms with E-state index in [1.807, 2.05) is 12.1 Å². The van der Waals surface area contributed by atoms with E-state index in [4.69, 9.17) is 18.6 Å². The molecule has 6 nitrogen and oxygen atoms in total. The van der Waals surface area contributed by atoms with Crippen LogP contribution in [0.4, 0.5) is 0 Å². The summed E-state index contributed by atoms with van der Waals surface area (Å²) in [5, 5.41) is 1.04. The van der Waals surface area contributed by atoms with Gasteiger partial charge in [0.15, 0.2) is 13.2 Å². The summed E-state index contributed by atoms with van der Waals surface area (Å²) in [4.78, 5) is 24.3. The number of methoxy groups -OCH3 is 1. The van der Waals surface area contributed by atoms with Crippen molar-refractivity contribution < 1.29 is 28.2 Å². The number of benzene rings is 2. The third kappa shape index (κ3) is 4.11. The molecular formula is C23H22O6. The van der Waals surface area contributed by atoms with Crippen LogP contribution in [0.25, 0.3) is 11.0 Å². The summed E-state index contributed by atoms with van der Waals surface area (Å²) >= 11 is 0. The van der Waals surface area contributed by atoms with Crippen molar-refractivity contribution in [3.8, 4) is 11.5 Å². The number of hydrogen-bond donors (Lipinski definition) is 0. The lowest BCUT2D eigenvalue weighted by Gasteiger charge is -2.10. The lowest BCUT2D eigenvalue weighted by atomic mass is 9.96. The Morgan fingerprint density at radius 2 is 1.86 bits per heavy atom. The molecule has 0 aliphatic heterocycles. The number of ketones is 1. The van der Waals surface area contributed by atoms with Gasteiger partial charge in [-0.05, 0) is 49.6 Å². The van der Waals surface area contributed by atoms with Gasteiger partial charge in [0.1, 0.15) is 22.8 Å². The fourth-order valence-electron chi connectivity index (χ4n) is 3.61. The van der Waals surface area contributed by atoms with E-state index in [0.29, 0.717) is 17.1 Å². The van der Waals surface area contributed by atoms with Crippen LogP contribution in [0.5, 0.6) is 11.5 Å². The minimum absolute atomic E-state index is 0.273. The average Bonchev–Trinajstić information content (AvgIpc) is 3.14. The minimum Gasteiger partial charge on any atom is -0.496 e. The van der Waals surface area contributed by atoms with Gasteiger partial charge < -0.3 is 18.6 Å². The van der Waals surface area contributed by atoms with E-state index in [1.165, 1.54) is 12.7 Å². The van der Waals surface area contributed by atoms with Crippen molar-refractivity contribution in [3.63, 3.8) is 0 Å². The fraction of sp³-hybridized carbons (Fsp3) is 0.304. The SMILES string of the molecule is COc1ccccc1C(=O)COC(=O)COc1ccc2oc3c(c2c1)CCCC3. The van der Waals surface area contributed by atoms with Gasteiger partial charge in [-0.25, -0.2) is 4.79 Å². The van der Waals surface area contributed by atoms with Gasteiger partial charge in [0, 0.05) is 17.4 Å². The first kappa shape index (κ1) is 19.1. The molecule has 6 heteroatoms. The Morgan fingerprint density at radius 3 is 2.72 bits per heavy atom. The molecular weight excluding hydrogens is 372 g/mol. The first-order valence-electron chi connectivity index (χ1n) is 9.64. The number of para-hydroxylation sites is 1. The summed E-state index contributed by atoms with van der Waals surface area (Å²) in [5.74, 6) is 1.13. The maximum atomic E-state index is 12.2. The normalized spacial score (nSPS) is 13.0. The van der Waals surface area contributed by atoms with Gasteiger partial charge in [-0.3, -0.25) is 4.79 Å². The standard InChI is InChI=1S/C23H22O6/c1-26-20-8-4-3-7-17(20)19(24)13-28-23(25)14-27-15-10-11-22-18(12-15)16-6-2-5-9-21(16)29-22/h3-4,7-8,10-12H,2,5-6,9,13-14H2,1H3. The molecule has 0 radical (unpaired) electrons. The third-order valence-electron chi connectivity index (χ3n) is 5.05. The first-order valence-corrected chi connectivity index (χ1v) is 9.64. The number of Topliss-reactive ketones (excluding diaryl/α,β-unsaturated/α-hetero) is 1. The Labute approximate surface area is 168 Å². The zero-order chi connectivity index (χ0) is 20.2. The largest absolute Gasteiger partial charge is 0.496 e. The highest BCUT2D eigenvalue weighted by atomic mass is 16.6. The molecule has 0 bridgehead atoms. The number of hydrogen-bond acceptors (Lipinski definition) is 6. The predicted octanol–water partition coefficient (Wildman–Crippen LogP) is 4.13. The van der Waals surface area contributed by atoms with Gasteiger partial charge in [0.25, 0.3) is 0 Å². The molecule has 0 N–H and O–H groups in total. The molecule has 0 spiro atoms. The van der Waals surface area contributed by atoms with Crippen molar-refractivity contribution >= 4 is 22.7 Å². The van der Waals surface area contributed by atoms with Crippen LogP contribution in [0.3, 0.4) is 0 Å². The number of esters is 1. The summed E-state index contributed by atoms with van der Waals surface area (Å²) in [6.07, 6.45) is 4.26. The highest BCUT2D eigenvalue weighted by molar-refractivity contribution is 6.00. The Kier molecular flexibility index (Phi) is 5.51. The zero-order valence-corrected chi connectivity index (χ0v) is 16.2. The summed E-state index contributed by atoms with van der Waals surface area (Å²) in [5.41, 5.74) is 2.45. The maximum Gasteiger partial charge on any atom is 0.344 e. The molecule has 1 aromatic heterocycles. The van der Waals surface area contributed by atoms with E-state index in [0.717, 1.165) is 42.4 Å². The van der Waals surface area contributed by atoms with Crippen LogP contribution in [0.15, 0.2) is 46.9 Å². The lowest BCUT2D eigenvalue weighted by molar-refractivity contribution is -0.144. The van der Waals surface area contributed by atoms with Crippen molar-refractivity contribution in [1.82, 2.24) is 0 Å². The molecule has 0 atom stereocenters. The van der Waals surface area contributed by atoms with E-state index >= 15 is 0 Å². The molecule has 0 fully saturated rings.